The topological polar surface area (TPSA) is 105 Å². The molecule has 0 N–H and O–H groups in total. The van der Waals surface area contributed by atoms with Crippen molar-refractivity contribution in [3.05, 3.63) is 35.4 Å². The van der Waals surface area contributed by atoms with E-state index in [9.17, 15) is 18.0 Å². The van der Waals surface area contributed by atoms with Crippen LogP contribution in [0.15, 0.2) is 24.3 Å². The summed E-state index contributed by atoms with van der Waals surface area (Å²) >= 11 is 0. The third-order valence-electron chi connectivity index (χ3n) is 4.15. The molecule has 1 aromatic carbocycles. The lowest BCUT2D eigenvalue weighted by Gasteiger charge is -2.29. The average molecular weight is 364 g/mol. The Labute approximate surface area is 147 Å². The third-order valence-corrected chi connectivity index (χ3v) is 5.90. The summed E-state index contributed by atoms with van der Waals surface area (Å²) in [6.07, 6.45) is -0.621. The maximum atomic E-state index is 12.6. The normalized spacial score (nSPS) is 19.6. The van der Waals surface area contributed by atoms with E-state index in [2.05, 4.69) is 0 Å². The van der Waals surface area contributed by atoms with E-state index >= 15 is 0 Å². The van der Waals surface area contributed by atoms with E-state index in [1.54, 1.807) is 6.92 Å². The van der Waals surface area contributed by atoms with Gasteiger partial charge in [0.1, 0.15) is 0 Å². The zero-order chi connectivity index (χ0) is 18.6. The van der Waals surface area contributed by atoms with E-state index in [0.29, 0.717) is 18.5 Å². The highest BCUT2D eigenvalue weighted by Crippen LogP contribution is 2.19. The third kappa shape index (κ3) is 4.57. The predicted molar refractivity (Wildman–Crippen MR) is 90.5 cm³/mol. The molecule has 25 heavy (non-hydrogen) atoms. The minimum absolute atomic E-state index is 0.0527. The molecule has 1 heterocycles. The van der Waals surface area contributed by atoms with Crippen molar-refractivity contribution in [2.75, 3.05) is 18.1 Å². The number of carbonyl (C=O) groups is 2. The highest BCUT2D eigenvalue weighted by Gasteiger charge is 2.36. The van der Waals surface area contributed by atoms with Gasteiger partial charge in [-0.3, -0.25) is 4.79 Å². The van der Waals surface area contributed by atoms with E-state index < -0.39 is 27.8 Å². The molecule has 1 fully saturated rings. The predicted octanol–water partition coefficient (Wildman–Crippen LogP) is 1.14. The standard InChI is InChI=1S/C17H20N2O5S/c1-3-19(15-8-9-25(22,23)11-15)16(20)12(2)24-17(21)14-6-4-13(10-18)5-7-14/h4-7,12,15H,3,8-9,11H2,1-2H3/t12-,15-/m1/s1. The van der Waals surface area contributed by atoms with Gasteiger partial charge in [0.05, 0.1) is 28.7 Å². The zero-order valence-corrected chi connectivity index (χ0v) is 15.0. The summed E-state index contributed by atoms with van der Waals surface area (Å²) in [4.78, 5) is 26.1. The Kier molecular flexibility index (Phi) is 5.80. The summed E-state index contributed by atoms with van der Waals surface area (Å²) in [7, 11) is -3.11. The fourth-order valence-electron chi connectivity index (χ4n) is 2.81. The number of carbonyl (C=O) groups excluding carboxylic acids is 2. The summed E-state index contributed by atoms with van der Waals surface area (Å²) in [5.74, 6) is -1.06. The molecule has 2 rings (SSSR count). The van der Waals surface area contributed by atoms with Crippen molar-refractivity contribution in [3.8, 4) is 6.07 Å². The largest absolute Gasteiger partial charge is 0.449 e. The van der Waals surface area contributed by atoms with Crippen molar-refractivity contribution in [1.82, 2.24) is 4.90 Å². The molecular weight excluding hydrogens is 344 g/mol. The molecule has 1 aromatic rings. The van der Waals surface area contributed by atoms with Gasteiger partial charge < -0.3 is 9.64 Å². The Balaban J connectivity index is 2.02. The van der Waals surface area contributed by atoms with E-state index in [1.165, 1.54) is 36.1 Å². The minimum atomic E-state index is -3.11. The molecule has 0 radical (unpaired) electrons. The molecule has 1 saturated heterocycles. The van der Waals surface area contributed by atoms with Crippen LogP contribution in [-0.2, 0) is 19.4 Å². The number of likely N-dealkylation sites (N-methyl/N-ethyl adjacent to an activating group) is 1. The first-order valence-corrected chi connectivity index (χ1v) is 9.81. The van der Waals surface area contributed by atoms with Gasteiger partial charge in [-0.15, -0.1) is 0 Å². The van der Waals surface area contributed by atoms with Gasteiger partial charge in [0, 0.05) is 12.6 Å². The number of rotatable bonds is 5. The molecule has 134 valence electrons. The van der Waals surface area contributed by atoms with Gasteiger partial charge in [0.2, 0.25) is 0 Å². The van der Waals surface area contributed by atoms with Gasteiger partial charge >= 0.3 is 5.97 Å². The van der Waals surface area contributed by atoms with Gasteiger partial charge in [-0.25, -0.2) is 13.2 Å². The summed E-state index contributed by atoms with van der Waals surface area (Å²) in [5.41, 5.74) is 0.658. The highest BCUT2D eigenvalue weighted by molar-refractivity contribution is 7.91. The van der Waals surface area contributed by atoms with Crippen LogP contribution in [0.5, 0.6) is 0 Å². The molecule has 1 aliphatic rings. The van der Waals surface area contributed by atoms with Crippen LogP contribution in [0.25, 0.3) is 0 Å². The van der Waals surface area contributed by atoms with Crippen molar-refractivity contribution < 1.29 is 22.7 Å². The van der Waals surface area contributed by atoms with Crippen LogP contribution < -0.4 is 0 Å². The van der Waals surface area contributed by atoms with Crippen molar-refractivity contribution >= 4 is 21.7 Å². The van der Waals surface area contributed by atoms with Gasteiger partial charge in [0.15, 0.2) is 15.9 Å². The number of amides is 1. The SMILES string of the molecule is CCN(C(=O)[C@@H](C)OC(=O)c1ccc(C#N)cc1)[C@@H]1CCS(=O)(=O)C1. The monoisotopic (exact) mass is 364 g/mol. The van der Waals surface area contributed by atoms with Gasteiger partial charge in [0.25, 0.3) is 5.91 Å². The van der Waals surface area contributed by atoms with E-state index in [-0.39, 0.29) is 23.1 Å². The lowest BCUT2D eigenvalue weighted by Crippen LogP contribution is -2.46. The maximum Gasteiger partial charge on any atom is 0.338 e. The fraction of sp³-hybridized carbons (Fsp3) is 0.471. The first-order chi connectivity index (χ1) is 11.8. The van der Waals surface area contributed by atoms with Crippen LogP contribution in [0.3, 0.4) is 0 Å². The van der Waals surface area contributed by atoms with Crippen LogP contribution in [0.1, 0.15) is 36.2 Å². The molecule has 0 bridgehead atoms. The number of hydrogen-bond donors (Lipinski definition) is 0. The summed E-state index contributed by atoms with van der Waals surface area (Å²) < 4.78 is 28.4. The molecular formula is C17H20N2O5S. The molecule has 0 saturated carbocycles. The lowest BCUT2D eigenvalue weighted by molar-refractivity contribution is -0.141. The Morgan fingerprint density at radius 2 is 2.00 bits per heavy atom. The first kappa shape index (κ1) is 18.9. The minimum Gasteiger partial charge on any atom is -0.449 e. The summed E-state index contributed by atoms with van der Waals surface area (Å²) in [6, 6.07) is 7.47. The fourth-order valence-corrected chi connectivity index (χ4v) is 4.54. The van der Waals surface area contributed by atoms with Gasteiger partial charge in [-0.1, -0.05) is 0 Å². The van der Waals surface area contributed by atoms with Crippen molar-refractivity contribution in [3.63, 3.8) is 0 Å². The second-order valence-corrected chi connectivity index (χ2v) is 8.15. The van der Waals surface area contributed by atoms with E-state index in [0.717, 1.165) is 0 Å². The quantitative estimate of drug-likeness (QED) is 0.726. The molecule has 2 atom stereocenters. The van der Waals surface area contributed by atoms with Gasteiger partial charge in [-0.05, 0) is 44.5 Å². The van der Waals surface area contributed by atoms with Crippen LogP contribution in [0, 0.1) is 11.3 Å². The van der Waals surface area contributed by atoms with E-state index in [1.807, 2.05) is 6.07 Å². The highest BCUT2D eigenvalue weighted by atomic mass is 32.2. The Morgan fingerprint density at radius 3 is 2.48 bits per heavy atom. The van der Waals surface area contributed by atoms with Crippen LogP contribution in [0.4, 0.5) is 0 Å². The zero-order valence-electron chi connectivity index (χ0n) is 14.1. The van der Waals surface area contributed by atoms with Crippen molar-refractivity contribution in [2.24, 2.45) is 0 Å². The summed E-state index contributed by atoms with van der Waals surface area (Å²) in [5, 5.41) is 8.76. The lowest BCUT2D eigenvalue weighted by atomic mass is 10.1. The van der Waals surface area contributed by atoms with Crippen LogP contribution in [0.2, 0.25) is 0 Å². The second-order valence-electron chi connectivity index (χ2n) is 5.92. The molecule has 1 amide bonds. The Hall–Kier alpha value is -2.40. The van der Waals surface area contributed by atoms with Crippen LogP contribution >= 0.6 is 0 Å². The second kappa shape index (κ2) is 7.66. The number of benzene rings is 1. The average Bonchev–Trinajstić information content (AvgIpc) is 2.95. The van der Waals surface area contributed by atoms with E-state index in [4.69, 9.17) is 10.00 Å². The smallest absolute Gasteiger partial charge is 0.338 e. The molecule has 0 aromatic heterocycles. The maximum absolute atomic E-state index is 12.6. The van der Waals surface area contributed by atoms with Crippen LogP contribution in [-0.4, -0.2) is 55.4 Å². The number of nitriles is 1. The Morgan fingerprint density at radius 1 is 1.36 bits per heavy atom. The number of esters is 1. The van der Waals surface area contributed by atoms with Crippen molar-refractivity contribution in [2.45, 2.75) is 32.4 Å². The summed E-state index contributed by atoms with van der Waals surface area (Å²) in [6.45, 7) is 3.58. The molecule has 7 nitrogen and oxygen atoms in total. The number of ether oxygens (including phenoxy) is 1. The van der Waals surface area contributed by atoms with Crippen molar-refractivity contribution in [1.29, 1.82) is 5.26 Å². The number of nitrogens with zero attached hydrogens (tertiary/aromatic N) is 2. The molecule has 0 unspecified atom stereocenters. The number of sulfone groups is 1. The first-order valence-electron chi connectivity index (χ1n) is 7.99. The molecule has 8 heteroatoms. The number of hydrogen-bond acceptors (Lipinski definition) is 6. The Bertz CT molecular complexity index is 795. The van der Waals surface area contributed by atoms with Gasteiger partial charge in [-0.2, -0.15) is 5.26 Å². The molecule has 1 aliphatic heterocycles. The molecule has 0 aliphatic carbocycles. The molecule has 0 spiro atoms.